The van der Waals surface area contributed by atoms with E-state index in [0.717, 1.165) is 31.9 Å². The van der Waals surface area contributed by atoms with E-state index >= 15 is 0 Å². The van der Waals surface area contributed by atoms with Crippen molar-refractivity contribution in [3.05, 3.63) is 28.8 Å². The molecule has 0 spiro atoms. The number of ether oxygens (including phenoxy) is 1. The maximum Gasteiger partial charge on any atom is 0.137 e. The standard InChI is InChI=1S/C14H21ClN2O.ClH/c1-2-18-14-4-3-11(7-13(14)15)9-17-6-5-12(8-16)10-17;/h3-4,7,12H,2,5-6,8-10,16H2,1H3;1H. The Balaban J connectivity index is 0.00000180. The lowest BCUT2D eigenvalue weighted by molar-refractivity contribution is 0.317. The van der Waals surface area contributed by atoms with Crippen molar-refractivity contribution in [1.82, 2.24) is 4.90 Å². The van der Waals surface area contributed by atoms with Crippen LogP contribution in [-0.2, 0) is 6.54 Å². The maximum atomic E-state index is 6.19. The highest BCUT2D eigenvalue weighted by Crippen LogP contribution is 2.27. The molecule has 2 rings (SSSR count). The molecule has 1 heterocycles. The Kier molecular flexibility index (Phi) is 6.94. The first-order chi connectivity index (χ1) is 8.72. The summed E-state index contributed by atoms with van der Waals surface area (Å²) in [5.41, 5.74) is 6.94. The number of rotatable bonds is 5. The zero-order chi connectivity index (χ0) is 13.0. The fraction of sp³-hybridized carbons (Fsp3) is 0.571. The minimum absolute atomic E-state index is 0. The Labute approximate surface area is 126 Å². The lowest BCUT2D eigenvalue weighted by atomic mass is 10.1. The van der Waals surface area contributed by atoms with Gasteiger partial charge in [0.05, 0.1) is 11.6 Å². The summed E-state index contributed by atoms with van der Waals surface area (Å²) < 4.78 is 5.43. The number of benzene rings is 1. The first-order valence-corrected chi connectivity index (χ1v) is 6.94. The lowest BCUT2D eigenvalue weighted by Crippen LogP contribution is -2.22. The van der Waals surface area contributed by atoms with E-state index in [4.69, 9.17) is 22.1 Å². The molecule has 3 nitrogen and oxygen atoms in total. The normalized spacial score (nSPS) is 19.2. The summed E-state index contributed by atoms with van der Waals surface area (Å²) in [4.78, 5) is 2.43. The van der Waals surface area contributed by atoms with Crippen molar-refractivity contribution in [1.29, 1.82) is 0 Å². The van der Waals surface area contributed by atoms with Crippen LogP contribution in [0.3, 0.4) is 0 Å². The molecule has 1 aliphatic rings. The van der Waals surface area contributed by atoms with Crippen molar-refractivity contribution in [2.75, 3.05) is 26.2 Å². The minimum atomic E-state index is 0. The Morgan fingerprint density at radius 3 is 2.84 bits per heavy atom. The molecule has 1 fully saturated rings. The molecule has 0 saturated carbocycles. The van der Waals surface area contributed by atoms with Gasteiger partial charge in [0.2, 0.25) is 0 Å². The van der Waals surface area contributed by atoms with Crippen LogP contribution in [0.1, 0.15) is 18.9 Å². The monoisotopic (exact) mass is 304 g/mol. The molecule has 19 heavy (non-hydrogen) atoms. The molecule has 1 aromatic rings. The van der Waals surface area contributed by atoms with Crippen LogP contribution in [0.25, 0.3) is 0 Å². The average Bonchev–Trinajstić information content (AvgIpc) is 2.80. The molecule has 108 valence electrons. The lowest BCUT2D eigenvalue weighted by Gasteiger charge is -2.16. The Morgan fingerprint density at radius 2 is 2.26 bits per heavy atom. The quantitative estimate of drug-likeness (QED) is 0.909. The topological polar surface area (TPSA) is 38.5 Å². The molecular formula is C14H22Cl2N2O. The first kappa shape index (κ1) is 16.6. The molecule has 1 unspecified atom stereocenters. The molecule has 0 aromatic heterocycles. The van der Waals surface area contributed by atoms with Crippen molar-refractivity contribution in [3.63, 3.8) is 0 Å². The van der Waals surface area contributed by atoms with Crippen molar-refractivity contribution < 1.29 is 4.74 Å². The number of nitrogens with two attached hydrogens (primary N) is 1. The predicted octanol–water partition coefficient (Wildman–Crippen LogP) is 2.94. The number of hydrogen-bond donors (Lipinski definition) is 1. The third kappa shape index (κ3) is 4.53. The molecule has 0 amide bonds. The Hall–Kier alpha value is -0.480. The molecule has 0 bridgehead atoms. The third-order valence-electron chi connectivity index (χ3n) is 3.41. The van der Waals surface area contributed by atoms with Crippen LogP contribution in [0.4, 0.5) is 0 Å². The van der Waals surface area contributed by atoms with Gasteiger partial charge in [-0.05, 0) is 50.0 Å². The van der Waals surface area contributed by atoms with Crippen molar-refractivity contribution in [3.8, 4) is 5.75 Å². The van der Waals surface area contributed by atoms with Crippen LogP contribution in [0.15, 0.2) is 18.2 Å². The van der Waals surface area contributed by atoms with E-state index in [2.05, 4.69) is 11.0 Å². The zero-order valence-electron chi connectivity index (χ0n) is 11.3. The van der Waals surface area contributed by atoms with Gasteiger partial charge in [-0.3, -0.25) is 4.90 Å². The molecule has 2 N–H and O–H groups in total. The zero-order valence-corrected chi connectivity index (χ0v) is 12.8. The number of halogens is 2. The van der Waals surface area contributed by atoms with Crippen LogP contribution in [0.2, 0.25) is 5.02 Å². The van der Waals surface area contributed by atoms with Crippen LogP contribution >= 0.6 is 24.0 Å². The molecule has 1 atom stereocenters. The van der Waals surface area contributed by atoms with E-state index < -0.39 is 0 Å². The smallest absolute Gasteiger partial charge is 0.137 e. The third-order valence-corrected chi connectivity index (χ3v) is 3.70. The van der Waals surface area contributed by atoms with E-state index in [1.165, 1.54) is 12.0 Å². The van der Waals surface area contributed by atoms with E-state index in [1.54, 1.807) is 0 Å². The highest BCUT2D eigenvalue weighted by Gasteiger charge is 2.21. The van der Waals surface area contributed by atoms with Crippen molar-refractivity contribution in [2.45, 2.75) is 19.9 Å². The minimum Gasteiger partial charge on any atom is -0.492 e. The second kappa shape index (κ2) is 7.95. The summed E-state index contributed by atoms with van der Waals surface area (Å²) in [6.07, 6.45) is 1.21. The second-order valence-corrected chi connectivity index (χ2v) is 5.23. The van der Waals surface area contributed by atoms with Gasteiger partial charge >= 0.3 is 0 Å². The number of hydrogen-bond acceptors (Lipinski definition) is 3. The van der Waals surface area contributed by atoms with E-state index in [0.29, 0.717) is 17.5 Å². The summed E-state index contributed by atoms with van der Waals surface area (Å²) in [5, 5.41) is 0.698. The summed E-state index contributed by atoms with van der Waals surface area (Å²) in [7, 11) is 0. The van der Waals surface area contributed by atoms with Crippen molar-refractivity contribution in [2.24, 2.45) is 11.7 Å². The molecule has 0 aliphatic carbocycles. The van der Waals surface area contributed by atoms with E-state index in [1.807, 2.05) is 19.1 Å². The van der Waals surface area contributed by atoms with Crippen molar-refractivity contribution >= 4 is 24.0 Å². The van der Waals surface area contributed by atoms with Crippen LogP contribution in [0, 0.1) is 5.92 Å². The summed E-state index contributed by atoms with van der Waals surface area (Å²) >= 11 is 6.19. The SMILES string of the molecule is CCOc1ccc(CN2CCC(CN)C2)cc1Cl.Cl. The maximum absolute atomic E-state index is 6.19. The fourth-order valence-electron chi connectivity index (χ4n) is 2.42. The first-order valence-electron chi connectivity index (χ1n) is 6.56. The Bertz CT molecular complexity index is 401. The van der Waals surface area contributed by atoms with Gasteiger partial charge in [0, 0.05) is 13.1 Å². The molecule has 1 saturated heterocycles. The van der Waals surface area contributed by atoms with Crippen LogP contribution in [0.5, 0.6) is 5.75 Å². The molecule has 0 radical (unpaired) electrons. The molecule has 1 aliphatic heterocycles. The van der Waals surface area contributed by atoms with Gasteiger partial charge in [-0.25, -0.2) is 0 Å². The average molecular weight is 305 g/mol. The molecule has 5 heteroatoms. The summed E-state index contributed by atoms with van der Waals surface area (Å²) in [6.45, 7) is 6.57. The van der Waals surface area contributed by atoms with E-state index in [9.17, 15) is 0 Å². The second-order valence-electron chi connectivity index (χ2n) is 4.82. The van der Waals surface area contributed by atoms with Gasteiger partial charge in [0.25, 0.3) is 0 Å². The highest BCUT2D eigenvalue weighted by molar-refractivity contribution is 6.32. The van der Waals surface area contributed by atoms with Gasteiger partial charge in [0.15, 0.2) is 0 Å². The Morgan fingerprint density at radius 1 is 1.47 bits per heavy atom. The predicted molar refractivity (Wildman–Crippen MR) is 82.3 cm³/mol. The fourth-order valence-corrected chi connectivity index (χ4v) is 2.68. The van der Waals surface area contributed by atoms with Crippen LogP contribution < -0.4 is 10.5 Å². The number of nitrogens with zero attached hydrogens (tertiary/aromatic N) is 1. The van der Waals surface area contributed by atoms with Gasteiger partial charge < -0.3 is 10.5 Å². The molecular weight excluding hydrogens is 283 g/mol. The largest absolute Gasteiger partial charge is 0.492 e. The van der Waals surface area contributed by atoms with Gasteiger partial charge in [-0.15, -0.1) is 12.4 Å². The summed E-state index contributed by atoms with van der Waals surface area (Å²) in [6, 6.07) is 6.05. The van der Waals surface area contributed by atoms with E-state index in [-0.39, 0.29) is 12.4 Å². The number of likely N-dealkylation sites (tertiary alicyclic amines) is 1. The highest BCUT2D eigenvalue weighted by atomic mass is 35.5. The van der Waals surface area contributed by atoms with Gasteiger partial charge in [0.1, 0.15) is 5.75 Å². The van der Waals surface area contributed by atoms with Gasteiger partial charge in [-0.2, -0.15) is 0 Å². The van der Waals surface area contributed by atoms with Gasteiger partial charge in [-0.1, -0.05) is 17.7 Å². The summed E-state index contributed by atoms with van der Waals surface area (Å²) in [5.74, 6) is 1.42. The molecule has 1 aromatic carbocycles. The van der Waals surface area contributed by atoms with Crippen LogP contribution in [-0.4, -0.2) is 31.1 Å².